The topological polar surface area (TPSA) is 90.4 Å². The molecule has 0 saturated heterocycles. The van der Waals surface area contributed by atoms with E-state index in [-0.39, 0.29) is 28.3 Å². The number of hydrogen-bond donors (Lipinski definition) is 1. The minimum absolute atomic E-state index is 0.142. The van der Waals surface area contributed by atoms with Crippen LogP contribution in [0.2, 0.25) is 0 Å². The van der Waals surface area contributed by atoms with E-state index in [0.29, 0.717) is 15.7 Å². The molecule has 160 valence electrons. The van der Waals surface area contributed by atoms with Gasteiger partial charge in [0.2, 0.25) is 0 Å². The number of rotatable bonds is 6. The summed E-state index contributed by atoms with van der Waals surface area (Å²) >= 11 is 2.00. The van der Waals surface area contributed by atoms with Crippen molar-refractivity contribution in [3.8, 4) is 11.5 Å². The second-order valence-corrected chi connectivity index (χ2v) is 8.09. The molecular formula is C17H12F4IN3O4S. The lowest BCUT2D eigenvalue weighted by atomic mass is 10.2. The summed E-state index contributed by atoms with van der Waals surface area (Å²) in [5, 5.41) is 3.08. The van der Waals surface area contributed by atoms with Gasteiger partial charge in [0.05, 0.1) is 12.6 Å². The van der Waals surface area contributed by atoms with Crippen molar-refractivity contribution in [2.24, 2.45) is 0 Å². The van der Waals surface area contributed by atoms with Crippen LogP contribution in [-0.4, -0.2) is 31.0 Å². The second kappa shape index (κ2) is 8.37. The molecular weight excluding hydrogens is 545 g/mol. The van der Waals surface area contributed by atoms with Gasteiger partial charge in [0, 0.05) is 21.6 Å². The van der Waals surface area contributed by atoms with E-state index in [1.807, 2.05) is 22.6 Å². The third-order valence-corrected chi connectivity index (χ3v) is 5.64. The molecule has 0 unspecified atom stereocenters. The first-order valence-corrected chi connectivity index (χ1v) is 10.9. The fraction of sp³-hybridized carbons (Fsp3) is 0.176. The van der Waals surface area contributed by atoms with Crippen molar-refractivity contribution in [1.82, 2.24) is 9.97 Å². The van der Waals surface area contributed by atoms with E-state index >= 15 is 0 Å². The molecule has 0 bridgehead atoms. The van der Waals surface area contributed by atoms with Crippen molar-refractivity contribution in [2.45, 2.75) is 9.94 Å². The predicted molar refractivity (Wildman–Crippen MR) is 109 cm³/mol. The highest BCUT2D eigenvalue weighted by Gasteiger charge is 2.49. The number of methoxy groups -OCH3 is 1. The molecule has 13 heteroatoms. The first-order chi connectivity index (χ1) is 14.1. The Morgan fingerprint density at radius 3 is 2.50 bits per heavy atom. The molecule has 3 aromatic rings. The van der Waals surface area contributed by atoms with Gasteiger partial charge in [0.25, 0.3) is 0 Å². The van der Waals surface area contributed by atoms with Crippen LogP contribution in [0, 0.1) is 5.82 Å². The largest absolute Gasteiger partial charge is 0.534 e. The summed E-state index contributed by atoms with van der Waals surface area (Å²) in [4.78, 5) is 8.04. The summed E-state index contributed by atoms with van der Waals surface area (Å²) in [6, 6.07) is 6.49. The normalized spacial score (nSPS) is 12.1. The van der Waals surface area contributed by atoms with Crippen molar-refractivity contribution in [3.63, 3.8) is 0 Å². The Kier molecular flexibility index (Phi) is 6.21. The molecule has 7 nitrogen and oxygen atoms in total. The number of aromatic nitrogens is 2. The number of alkyl halides is 4. The lowest BCUT2D eigenvalue weighted by Gasteiger charge is -2.14. The summed E-state index contributed by atoms with van der Waals surface area (Å²) in [6.07, 6.45) is 1.19. The van der Waals surface area contributed by atoms with Gasteiger partial charge in [0.15, 0.2) is 11.5 Å². The van der Waals surface area contributed by atoms with Crippen molar-refractivity contribution in [1.29, 1.82) is 0 Å². The van der Waals surface area contributed by atoms with E-state index in [1.165, 1.54) is 24.5 Å². The van der Waals surface area contributed by atoms with Gasteiger partial charge in [-0.05, 0) is 29.8 Å². The molecule has 1 N–H and O–H groups in total. The van der Waals surface area contributed by atoms with E-state index in [4.69, 9.17) is 4.74 Å². The van der Waals surface area contributed by atoms with Gasteiger partial charge in [-0.25, -0.2) is 14.4 Å². The highest BCUT2D eigenvalue weighted by atomic mass is 127. The first-order valence-electron chi connectivity index (χ1n) is 8.00. The molecule has 0 radical (unpaired) electrons. The molecule has 0 fully saturated rings. The monoisotopic (exact) mass is 557 g/mol. The summed E-state index contributed by atoms with van der Waals surface area (Å²) in [5.74, 6) is -1.20. The number of ether oxygens (including phenoxy) is 1. The van der Waals surface area contributed by atoms with Crippen molar-refractivity contribution in [3.05, 3.63) is 48.0 Å². The van der Waals surface area contributed by atoms with Crippen LogP contribution >= 0.6 is 22.6 Å². The number of halogens is 5. The maximum Gasteiger partial charge on any atom is 0.534 e. The molecule has 0 saturated carbocycles. The Labute approximate surface area is 181 Å². The maximum absolute atomic E-state index is 13.7. The number of fused-ring (bicyclic) bond motifs is 1. The summed E-state index contributed by atoms with van der Waals surface area (Å²) in [7, 11) is -4.78. The Bertz CT molecular complexity index is 1210. The van der Waals surface area contributed by atoms with E-state index in [1.54, 1.807) is 6.07 Å². The minimum atomic E-state index is -5.92. The number of nitrogens with zero attached hydrogens (tertiary/aromatic N) is 2. The Morgan fingerprint density at radius 1 is 1.13 bits per heavy atom. The van der Waals surface area contributed by atoms with E-state index in [2.05, 4.69) is 19.5 Å². The zero-order chi connectivity index (χ0) is 22.1. The molecule has 30 heavy (non-hydrogen) atoms. The summed E-state index contributed by atoms with van der Waals surface area (Å²) in [5.41, 5.74) is -4.48. The lowest BCUT2D eigenvalue weighted by Crippen LogP contribution is -2.28. The molecule has 0 atom stereocenters. The zero-order valence-corrected chi connectivity index (χ0v) is 18.0. The number of hydrogen-bond acceptors (Lipinski definition) is 7. The van der Waals surface area contributed by atoms with Crippen LogP contribution in [0.4, 0.5) is 29.1 Å². The molecule has 0 aliphatic rings. The lowest BCUT2D eigenvalue weighted by molar-refractivity contribution is -0.0500. The van der Waals surface area contributed by atoms with Crippen LogP contribution in [0.3, 0.4) is 0 Å². The fourth-order valence-corrected chi connectivity index (χ4v) is 3.49. The molecule has 1 aromatic heterocycles. The Morgan fingerprint density at radius 2 is 1.87 bits per heavy atom. The van der Waals surface area contributed by atoms with Gasteiger partial charge < -0.3 is 14.2 Å². The third kappa shape index (κ3) is 4.50. The first kappa shape index (κ1) is 22.3. The Hall–Kier alpha value is -2.42. The predicted octanol–water partition coefficient (Wildman–Crippen LogP) is 4.68. The highest BCUT2D eigenvalue weighted by Crippen LogP contribution is 2.37. The summed E-state index contributed by atoms with van der Waals surface area (Å²) < 4.78 is 84.3. The van der Waals surface area contributed by atoms with Crippen LogP contribution in [0.5, 0.6) is 11.5 Å². The van der Waals surface area contributed by atoms with E-state index in [9.17, 15) is 26.0 Å². The van der Waals surface area contributed by atoms with Crippen molar-refractivity contribution >= 4 is 55.1 Å². The quantitative estimate of drug-likeness (QED) is 0.155. The van der Waals surface area contributed by atoms with Crippen LogP contribution in [0.15, 0.2) is 36.7 Å². The van der Waals surface area contributed by atoms with Crippen LogP contribution in [-0.2, 0) is 14.5 Å². The van der Waals surface area contributed by atoms with Gasteiger partial charge in [0.1, 0.15) is 18.0 Å². The fourth-order valence-electron chi connectivity index (χ4n) is 2.45. The van der Waals surface area contributed by atoms with E-state index < -0.39 is 21.4 Å². The number of nitrogens with one attached hydrogen (secondary N) is 1. The van der Waals surface area contributed by atoms with Crippen molar-refractivity contribution in [2.75, 3.05) is 12.4 Å². The summed E-state index contributed by atoms with van der Waals surface area (Å²) in [6.45, 7) is 0. The van der Waals surface area contributed by atoms with Crippen LogP contribution in [0.1, 0.15) is 5.56 Å². The molecule has 0 amide bonds. The highest BCUT2D eigenvalue weighted by molar-refractivity contribution is 14.1. The molecule has 1 heterocycles. The maximum atomic E-state index is 13.7. The van der Waals surface area contributed by atoms with Gasteiger partial charge in [-0.1, -0.05) is 22.6 Å². The van der Waals surface area contributed by atoms with Crippen molar-refractivity contribution < 1.29 is 34.9 Å². The van der Waals surface area contributed by atoms with E-state index in [0.717, 1.165) is 13.2 Å². The molecule has 2 aromatic carbocycles. The average molecular weight is 557 g/mol. The van der Waals surface area contributed by atoms with Crippen LogP contribution < -0.4 is 14.2 Å². The van der Waals surface area contributed by atoms with Gasteiger partial charge in [-0.2, -0.15) is 21.6 Å². The molecule has 0 aliphatic heterocycles. The van der Waals surface area contributed by atoms with Gasteiger partial charge in [-0.15, -0.1) is 0 Å². The minimum Gasteiger partial charge on any atom is -0.493 e. The second-order valence-electron chi connectivity index (χ2n) is 5.79. The Balaban J connectivity index is 2.09. The standard InChI is InChI=1S/C17H12F4IN3O4S/c1-28-14-6-13-11(5-15(14)29-30(26,27)17(19,20)21)16(24-8-23-13)25-10-2-3-12(18)9(4-10)7-22/h2-6,8H,7H2,1H3,(H,23,24,25). The molecule has 0 aliphatic carbocycles. The van der Waals surface area contributed by atoms with Crippen LogP contribution in [0.25, 0.3) is 10.9 Å². The molecule has 0 spiro atoms. The average Bonchev–Trinajstić information content (AvgIpc) is 2.68. The smallest absolute Gasteiger partial charge is 0.493 e. The third-order valence-electron chi connectivity index (χ3n) is 3.86. The van der Waals surface area contributed by atoms with Gasteiger partial charge >= 0.3 is 15.6 Å². The molecule has 3 rings (SSSR count). The number of benzene rings is 2. The number of anilines is 2. The zero-order valence-electron chi connectivity index (χ0n) is 15.0. The SMILES string of the molecule is COc1cc2ncnc(Nc3ccc(F)c(CI)c3)c2cc1OS(=O)(=O)C(F)(F)F. The van der Waals surface area contributed by atoms with Gasteiger partial charge in [-0.3, -0.25) is 0 Å².